The summed E-state index contributed by atoms with van der Waals surface area (Å²) in [4.78, 5) is 11.5. The first kappa shape index (κ1) is 8.50. The highest BCUT2D eigenvalue weighted by atomic mass is 79.9. The van der Waals surface area contributed by atoms with Crippen LogP contribution in [0, 0.1) is 6.92 Å². The van der Waals surface area contributed by atoms with Gasteiger partial charge in [0.15, 0.2) is 0 Å². The highest BCUT2D eigenvalue weighted by molar-refractivity contribution is 9.10. The van der Waals surface area contributed by atoms with Crippen LogP contribution in [0.4, 0.5) is 0 Å². The summed E-state index contributed by atoms with van der Waals surface area (Å²) in [6.45, 7) is 1.89. The Labute approximate surface area is 83.5 Å². The molecule has 13 heavy (non-hydrogen) atoms. The standard InChI is InChI=1S/C8H8BrN3O/c1-4-11-6-5(9)3-10-8(13-2)7(6)12-4/h3H,1-2H3,(H,11,12). The van der Waals surface area contributed by atoms with Gasteiger partial charge in [0, 0.05) is 6.20 Å². The normalized spacial score (nSPS) is 10.7. The molecule has 2 rings (SSSR count). The number of halogens is 1. The van der Waals surface area contributed by atoms with Crippen molar-refractivity contribution < 1.29 is 4.74 Å². The molecule has 0 amide bonds. The van der Waals surface area contributed by atoms with E-state index in [-0.39, 0.29) is 0 Å². The van der Waals surface area contributed by atoms with Gasteiger partial charge in [0.05, 0.1) is 11.6 Å². The molecule has 0 spiro atoms. The Bertz CT molecular complexity index is 452. The topological polar surface area (TPSA) is 50.8 Å². The van der Waals surface area contributed by atoms with E-state index in [2.05, 4.69) is 30.9 Å². The van der Waals surface area contributed by atoms with Crippen LogP contribution in [0.1, 0.15) is 5.82 Å². The summed E-state index contributed by atoms with van der Waals surface area (Å²) in [5.41, 5.74) is 1.68. The Hall–Kier alpha value is -1.10. The molecule has 0 aliphatic heterocycles. The van der Waals surface area contributed by atoms with Crippen molar-refractivity contribution in [2.24, 2.45) is 0 Å². The lowest BCUT2D eigenvalue weighted by Gasteiger charge is -1.99. The Morgan fingerprint density at radius 3 is 3.00 bits per heavy atom. The minimum absolute atomic E-state index is 0.568. The van der Waals surface area contributed by atoms with Crippen molar-refractivity contribution in [3.63, 3.8) is 0 Å². The third-order valence-electron chi connectivity index (χ3n) is 1.75. The number of aryl methyl sites for hydroxylation is 1. The van der Waals surface area contributed by atoms with E-state index in [9.17, 15) is 0 Å². The molecule has 0 aliphatic carbocycles. The van der Waals surface area contributed by atoms with E-state index in [0.717, 1.165) is 21.3 Å². The van der Waals surface area contributed by atoms with Gasteiger partial charge in [-0.2, -0.15) is 0 Å². The van der Waals surface area contributed by atoms with E-state index in [0.29, 0.717) is 5.88 Å². The molecule has 2 aromatic heterocycles. The highest BCUT2D eigenvalue weighted by Crippen LogP contribution is 2.26. The lowest BCUT2D eigenvalue weighted by Crippen LogP contribution is -1.88. The van der Waals surface area contributed by atoms with Crippen molar-refractivity contribution in [3.8, 4) is 5.88 Å². The zero-order valence-electron chi connectivity index (χ0n) is 7.26. The minimum atomic E-state index is 0.568. The number of nitrogens with zero attached hydrogens (tertiary/aromatic N) is 2. The Morgan fingerprint density at radius 1 is 1.54 bits per heavy atom. The van der Waals surface area contributed by atoms with Crippen molar-refractivity contribution in [2.45, 2.75) is 6.92 Å². The lowest BCUT2D eigenvalue weighted by atomic mass is 10.4. The van der Waals surface area contributed by atoms with Gasteiger partial charge in [-0.3, -0.25) is 0 Å². The molecule has 5 heteroatoms. The number of hydrogen-bond donors (Lipinski definition) is 1. The smallest absolute Gasteiger partial charge is 0.239 e. The van der Waals surface area contributed by atoms with Crippen LogP contribution in [0.25, 0.3) is 11.0 Å². The Kier molecular flexibility index (Phi) is 1.95. The summed E-state index contributed by atoms with van der Waals surface area (Å²) in [7, 11) is 1.59. The molecule has 4 nitrogen and oxygen atoms in total. The molecule has 0 fully saturated rings. The molecule has 0 unspecified atom stereocenters. The van der Waals surface area contributed by atoms with Gasteiger partial charge in [0.2, 0.25) is 5.88 Å². The first-order valence-corrected chi connectivity index (χ1v) is 4.56. The van der Waals surface area contributed by atoms with Gasteiger partial charge in [0.25, 0.3) is 0 Å². The Balaban J connectivity index is 2.83. The van der Waals surface area contributed by atoms with Crippen LogP contribution < -0.4 is 4.74 Å². The molecule has 2 heterocycles. The third-order valence-corrected chi connectivity index (χ3v) is 2.33. The average molecular weight is 242 g/mol. The predicted octanol–water partition coefficient (Wildman–Crippen LogP) is 2.04. The number of fused-ring (bicyclic) bond motifs is 1. The fourth-order valence-corrected chi connectivity index (χ4v) is 1.60. The predicted molar refractivity (Wildman–Crippen MR) is 52.9 cm³/mol. The lowest BCUT2D eigenvalue weighted by molar-refractivity contribution is 0.402. The molecule has 0 aliphatic rings. The zero-order valence-corrected chi connectivity index (χ0v) is 8.84. The monoisotopic (exact) mass is 241 g/mol. The van der Waals surface area contributed by atoms with E-state index in [1.807, 2.05) is 6.92 Å². The van der Waals surface area contributed by atoms with Crippen LogP contribution in [0.2, 0.25) is 0 Å². The number of aromatic nitrogens is 3. The molecule has 0 aromatic carbocycles. The van der Waals surface area contributed by atoms with Gasteiger partial charge in [-0.1, -0.05) is 0 Å². The summed E-state index contributed by atoms with van der Waals surface area (Å²) in [5.74, 6) is 1.42. The maximum atomic E-state index is 5.09. The van der Waals surface area contributed by atoms with Crippen LogP contribution in [0.5, 0.6) is 5.88 Å². The van der Waals surface area contributed by atoms with Gasteiger partial charge < -0.3 is 9.72 Å². The molecular weight excluding hydrogens is 234 g/mol. The average Bonchev–Trinajstić information content (AvgIpc) is 2.48. The second kappa shape index (κ2) is 2.99. The van der Waals surface area contributed by atoms with E-state index in [4.69, 9.17) is 4.74 Å². The highest BCUT2D eigenvalue weighted by Gasteiger charge is 2.09. The number of pyridine rings is 1. The summed E-state index contributed by atoms with van der Waals surface area (Å²) in [6.07, 6.45) is 1.68. The summed E-state index contributed by atoms with van der Waals surface area (Å²) < 4.78 is 5.96. The van der Waals surface area contributed by atoms with Gasteiger partial charge >= 0.3 is 0 Å². The van der Waals surface area contributed by atoms with Crippen molar-refractivity contribution in [1.82, 2.24) is 15.0 Å². The second-order valence-corrected chi connectivity index (χ2v) is 3.52. The molecule has 0 bridgehead atoms. The third kappa shape index (κ3) is 1.29. The van der Waals surface area contributed by atoms with Crippen molar-refractivity contribution in [2.75, 3.05) is 7.11 Å². The molecule has 0 saturated carbocycles. The maximum Gasteiger partial charge on any atom is 0.239 e. The van der Waals surface area contributed by atoms with Gasteiger partial charge in [0.1, 0.15) is 16.9 Å². The molecule has 68 valence electrons. The zero-order chi connectivity index (χ0) is 9.42. The van der Waals surface area contributed by atoms with Crippen molar-refractivity contribution in [1.29, 1.82) is 0 Å². The van der Waals surface area contributed by atoms with Crippen LogP contribution >= 0.6 is 15.9 Å². The van der Waals surface area contributed by atoms with E-state index in [1.54, 1.807) is 13.3 Å². The van der Waals surface area contributed by atoms with Crippen LogP contribution in [-0.4, -0.2) is 22.1 Å². The van der Waals surface area contributed by atoms with Crippen LogP contribution in [-0.2, 0) is 0 Å². The number of imidazole rings is 1. The van der Waals surface area contributed by atoms with Gasteiger partial charge in [-0.25, -0.2) is 9.97 Å². The molecule has 0 atom stereocenters. The number of ether oxygens (including phenoxy) is 1. The molecular formula is C8H8BrN3O. The first-order chi connectivity index (χ1) is 6.22. The number of methoxy groups -OCH3 is 1. The first-order valence-electron chi connectivity index (χ1n) is 3.77. The van der Waals surface area contributed by atoms with E-state index >= 15 is 0 Å². The van der Waals surface area contributed by atoms with Gasteiger partial charge in [-0.05, 0) is 22.9 Å². The molecule has 0 radical (unpaired) electrons. The fraction of sp³-hybridized carbons (Fsp3) is 0.250. The summed E-state index contributed by atoms with van der Waals surface area (Å²) in [5, 5.41) is 0. The van der Waals surface area contributed by atoms with Gasteiger partial charge in [-0.15, -0.1) is 0 Å². The molecule has 2 aromatic rings. The quantitative estimate of drug-likeness (QED) is 0.832. The van der Waals surface area contributed by atoms with Crippen molar-refractivity contribution in [3.05, 3.63) is 16.5 Å². The minimum Gasteiger partial charge on any atom is -0.479 e. The number of nitrogens with one attached hydrogen (secondary N) is 1. The molecule has 0 saturated heterocycles. The molecule has 1 N–H and O–H groups in total. The number of hydrogen-bond acceptors (Lipinski definition) is 3. The van der Waals surface area contributed by atoms with Crippen LogP contribution in [0.15, 0.2) is 10.7 Å². The maximum absolute atomic E-state index is 5.09. The Morgan fingerprint density at radius 2 is 2.31 bits per heavy atom. The van der Waals surface area contributed by atoms with Crippen LogP contribution in [0.3, 0.4) is 0 Å². The number of H-pyrrole nitrogens is 1. The number of aromatic amines is 1. The number of rotatable bonds is 1. The second-order valence-electron chi connectivity index (χ2n) is 2.66. The van der Waals surface area contributed by atoms with E-state index < -0.39 is 0 Å². The van der Waals surface area contributed by atoms with Crippen molar-refractivity contribution >= 4 is 27.0 Å². The summed E-state index contributed by atoms with van der Waals surface area (Å²) >= 11 is 3.37. The summed E-state index contributed by atoms with van der Waals surface area (Å²) in [6, 6.07) is 0. The van der Waals surface area contributed by atoms with E-state index in [1.165, 1.54) is 0 Å². The SMILES string of the molecule is COc1ncc(Br)c2nc(C)[nH]c12. The fourth-order valence-electron chi connectivity index (χ4n) is 1.21. The largest absolute Gasteiger partial charge is 0.479 e.